The Morgan fingerprint density at radius 2 is 1.08 bits per heavy atom. The van der Waals surface area contributed by atoms with E-state index in [0.717, 1.165) is 45.4 Å². The highest BCUT2D eigenvalue weighted by Gasteiger charge is 2.24. The fourth-order valence-electron chi connectivity index (χ4n) is 8.19. The minimum atomic E-state index is 0.172. The molecule has 8 aromatic carbocycles. The van der Waals surface area contributed by atoms with Gasteiger partial charge in [0.05, 0.1) is 5.69 Å². The molecule has 0 amide bonds. The number of fused-ring (bicyclic) bond motifs is 6. The highest BCUT2D eigenvalue weighted by molar-refractivity contribution is 6.06. The van der Waals surface area contributed by atoms with Crippen LogP contribution in [0.2, 0.25) is 0 Å². The van der Waals surface area contributed by atoms with Gasteiger partial charge in [-0.05, 0) is 99.5 Å². The van der Waals surface area contributed by atoms with E-state index < -0.39 is 0 Å². The predicted molar refractivity (Wildman–Crippen MR) is 216 cm³/mol. The second-order valence-electron chi connectivity index (χ2n) is 13.7. The molecule has 0 aliphatic heterocycles. The summed E-state index contributed by atoms with van der Waals surface area (Å²) in [5.74, 6) is 0.172. The molecule has 0 fully saturated rings. The van der Waals surface area contributed by atoms with Crippen molar-refractivity contribution in [3.05, 3.63) is 222 Å². The Bertz CT molecular complexity index is 2670. The van der Waals surface area contributed by atoms with E-state index in [4.69, 9.17) is 4.42 Å². The van der Waals surface area contributed by atoms with Gasteiger partial charge in [-0.1, -0.05) is 146 Å². The molecule has 1 aliphatic carbocycles. The quantitative estimate of drug-likeness (QED) is 0.158. The van der Waals surface area contributed by atoms with Gasteiger partial charge >= 0.3 is 0 Å². The lowest BCUT2D eigenvalue weighted by molar-refractivity contribution is 0.669. The summed E-state index contributed by atoms with van der Waals surface area (Å²) in [6.07, 6.45) is 0.926. The fourth-order valence-corrected chi connectivity index (χ4v) is 8.19. The first-order chi connectivity index (χ1) is 25.8. The molecule has 0 saturated carbocycles. The second kappa shape index (κ2) is 12.6. The topological polar surface area (TPSA) is 16.4 Å². The van der Waals surface area contributed by atoms with Crippen molar-refractivity contribution < 1.29 is 4.42 Å². The summed E-state index contributed by atoms with van der Waals surface area (Å²) in [4.78, 5) is 2.37. The lowest BCUT2D eigenvalue weighted by Crippen LogP contribution is -2.11. The van der Waals surface area contributed by atoms with Crippen LogP contribution in [0, 0.1) is 0 Å². The van der Waals surface area contributed by atoms with Crippen LogP contribution in [0.1, 0.15) is 33.7 Å². The van der Waals surface area contributed by atoms with Crippen molar-refractivity contribution in [2.24, 2.45) is 0 Å². The molecular formula is C50H35NO. The van der Waals surface area contributed by atoms with E-state index in [1.54, 1.807) is 0 Å². The smallest absolute Gasteiger partial charge is 0.135 e. The second-order valence-corrected chi connectivity index (χ2v) is 13.7. The van der Waals surface area contributed by atoms with Crippen molar-refractivity contribution in [2.75, 3.05) is 4.90 Å². The van der Waals surface area contributed by atoms with Crippen LogP contribution in [0.15, 0.2) is 199 Å². The van der Waals surface area contributed by atoms with Gasteiger partial charge in [0, 0.05) is 33.6 Å². The van der Waals surface area contributed by atoms with E-state index in [9.17, 15) is 0 Å². The first kappa shape index (κ1) is 30.2. The SMILES string of the molecule is c1ccc(C(c2ccccc2)c2ccc3c(c2)-c2ccc(-c4ccccc4N(c4ccccc4)c4ccc5oc6ccccc6c5c4)cc2C3)cc1. The molecule has 52 heavy (non-hydrogen) atoms. The number of hydrogen-bond acceptors (Lipinski definition) is 2. The molecule has 0 N–H and O–H groups in total. The molecule has 10 rings (SSSR count). The van der Waals surface area contributed by atoms with Crippen LogP contribution in [0.4, 0.5) is 17.1 Å². The fraction of sp³-hybridized carbons (Fsp3) is 0.0400. The Labute approximate surface area is 303 Å². The molecule has 0 bridgehead atoms. The molecule has 0 spiro atoms. The van der Waals surface area contributed by atoms with E-state index in [1.807, 2.05) is 12.1 Å². The van der Waals surface area contributed by atoms with E-state index in [-0.39, 0.29) is 5.92 Å². The van der Waals surface area contributed by atoms with Crippen LogP contribution < -0.4 is 4.90 Å². The van der Waals surface area contributed by atoms with Gasteiger partial charge in [0.15, 0.2) is 0 Å². The van der Waals surface area contributed by atoms with Crippen LogP contribution in [0.3, 0.4) is 0 Å². The van der Waals surface area contributed by atoms with Crippen LogP contribution in [0.5, 0.6) is 0 Å². The van der Waals surface area contributed by atoms with Gasteiger partial charge in [0.25, 0.3) is 0 Å². The zero-order valence-electron chi connectivity index (χ0n) is 28.6. The maximum Gasteiger partial charge on any atom is 0.135 e. The first-order valence-corrected chi connectivity index (χ1v) is 18.0. The Morgan fingerprint density at radius 1 is 0.404 bits per heavy atom. The Hall–Kier alpha value is -6.64. The van der Waals surface area contributed by atoms with Crippen molar-refractivity contribution in [3.8, 4) is 22.3 Å². The molecule has 246 valence electrons. The number of nitrogens with zero attached hydrogens (tertiary/aromatic N) is 1. The van der Waals surface area contributed by atoms with Crippen molar-refractivity contribution in [1.29, 1.82) is 0 Å². The summed E-state index contributed by atoms with van der Waals surface area (Å²) in [5, 5.41) is 2.24. The molecule has 2 nitrogen and oxygen atoms in total. The first-order valence-electron chi connectivity index (χ1n) is 18.0. The van der Waals surface area contributed by atoms with Gasteiger partial charge in [-0.15, -0.1) is 0 Å². The molecule has 1 heterocycles. The number of anilines is 3. The number of hydrogen-bond donors (Lipinski definition) is 0. The van der Waals surface area contributed by atoms with Gasteiger partial charge in [0.2, 0.25) is 0 Å². The lowest BCUT2D eigenvalue weighted by atomic mass is 9.84. The molecule has 2 heteroatoms. The van der Waals surface area contributed by atoms with Crippen LogP contribution >= 0.6 is 0 Å². The third-order valence-corrected chi connectivity index (χ3v) is 10.6. The summed E-state index contributed by atoms with van der Waals surface area (Å²) < 4.78 is 6.21. The van der Waals surface area contributed by atoms with Crippen molar-refractivity contribution in [2.45, 2.75) is 12.3 Å². The zero-order valence-corrected chi connectivity index (χ0v) is 28.6. The lowest BCUT2D eigenvalue weighted by Gasteiger charge is -2.28. The zero-order chi connectivity index (χ0) is 34.4. The Kier molecular flexibility index (Phi) is 7.32. The molecule has 1 aliphatic rings. The Balaban J connectivity index is 1.06. The molecule has 9 aromatic rings. The molecule has 0 atom stereocenters. The number of para-hydroxylation sites is 3. The van der Waals surface area contributed by atoms with Crippen LogP contribution in [0.25, 0.3) is 44.2 Å². The summed E-state index contributed by atoms with van der Waals surface area (Å²) in [6, 6.07) is 70.2. The third kappa shape index (κ3) is 5.20. The van der Waals surface area contributed by atoms with Gasteiger partial charge in [-0.2, -0.15) is 0 Å². The molecule has 1 aromatic heterocycles. The van der Waals surface area contributed by atoms with E-state index in [2.05, 4.69) is 187 Å². The predicted octanol–water partition coefficient (Wildman–Crippen LogP) is 13.5. The minimum absolute atomic E-state index is 0.172. The monoisotopic (exact) mass is 665 g/mol. The largest absolute Gasteiger partial charge is 0.456 e. The summed E-state index contributed by atoms with van der Waals surface area (Å²) in [7, 11) is 0. The Morgan fingerprint density at radius 3 is 1.87 bits per heavy atom. The highest BCUT2D eigenvalue weighted by Crippen LogP contribution is 2.46. The van der Waals surface area contributed by atoms with Gasteiger partial charge in [0.1, 0.15) is 11.2 Å². The molecule has 0 radical (unpaired) electrons. The minimum Gasteiger partial charge on any atom is -0.456 e. The van der Waals surface area contributed by atoms with E-state index in [1.165, 1.54) is 50.1 Å². The molecule has 0 unspecified atom stereocenters. The normalized spacial score (nSPS) is 11.9. The summed E-state index contributed by atoms with van der Waals surface area (Å²) >= 11 is 0. The number of furan rings is 1. The van der Waals surface area contributed by atoms with Gasteiger partial charge in [-0.3, -0.25) is 0 Å². The highest BCUT2D eigenvalue weighted by atomic mass is 16.3. The van der Waals surface area contributed by atoms with Crippen LogP contribution in [-0.2, 0) is 6.42 Å². The van der Waals surface area contributed by atoms with E-state index in [0.29, 0.717) is 0 Å². The number of rotatable bonds is 7. The van der Waals surface area contributed by atoms with Gasteiger partial charge < -0.3 is 9.32 Å². The molecule has 0 saturated heterocycles. The third-order valence-electron chi connectivity index (χ3n) is 10.6. The number of benzene rings is 8. The standard InChI is InChI=1S/C50H35NO/c1-4-14-34(15-5-1)50(35-16-6-2-7-17-35)38-25-24-37-31-39-30-36(26-28-42(39)45(37)32-38)43-20-10-12-22-47(43)51(40-18-8-3-9-19-40)41-27-29-49-46(33-41)44-21-11-13-23-48(44)52-49/h1-30,32-33,50H,31H2. The summed E-state index contributed by atoms with van der Waals surface area (Å²) in [5.41, 5.74) is 16.9. The maximum absolute atomic E-state index is 6.21. The van der Waals surface area contributed by atoms with Crippen LogP contribution in [-0.4, -0.2) is 0 Å². The van der Waals surface area contributed by atoms with Crippen molar-refractivity contribution >= 4 is 39.0 Å². The maximum atomic E-state index is 6.21. The molecular weight excluding hydrogens is 631 g/mol. The van der Waals surface area contributed by atoms with Crippen molar-refractivity contribution in [1.82, 2.24) is 0 Å². The summed E-state index contributed by atoms with van der Waals surface area (Å²) in [6.45, 7) is 0. The average molecular weight is 666 g/mol. The van der Waals surface area contributed by atoms with Crippen molar-refractivity contribution in [3.63, 3.8) is 0 Å². The van der Waals surface area contributed by atoms with E-state index >= 15 is 0 Å². The average Bonchev–Trinajstić information content (AvgIpc) is 3.77. The van der Waals surface area contributed by atoms with Gasteiger partial charge in [-0.25, -0.2) is 0 Å².